The van der Waals surface area contributed by atoms with E-state index in [9.17, 15) is 9.59 Å². The van der Waals surface area contributed by atoms with Crippen LogP contribution in [0.2, 0.25) is 0 Å². The summed E-state index contributed by atoms with van der Waals surface area (Å²) in [5.41, 5.74) is 4.87. The molecule has 1 aliphatic carbocycles. The van der Waals surface area contributed by atoms with E-state index in [4.69, 9.17) is 9.84 Å². The molecular formula is C32H24BrN3O3. The number of allylic oxidation sites excluding steroid dienone is 5. The molecule has 0 saturated heterocycles. The number of ether oxygens (including phenoxy) is 1. The maximum Gasteiger partial charge on any atom is 0.279 e. The highest BCUT2D eigenvalue weighted by Gasteiger charge is 2.40. The zero-order valence-corrected chi connectivity index (χ0v) is 22.7. The second kappa shape index (κ2) is 10.4. The number of hydrogen-bond acceptors (Lipinski definition) is 4. The predicted molar refractivity (Wildman–Crippen MR) is 156 cm³/mol. The summed E-state index contributed by atoms with van der Waals surface area (Å²) in [7, 11) is 1.62. The highest BCUT2D eigenvalue weighted by Crippen LogP contribution is 2.42. The molecule has 0 radical (unpaired) electrons. The molecule has 2 unspecified atom stereocenters. The second-order valence-electron chi connectivity index (χ2n) is 9.41. The summed E-state index contributed by atoms with van der Waals surface area (Å²) in [4.78, 5) is 31.8. The van der Waals surface area contributed by atoms with Gasteiger partial charge in [-0.05, 0) is 53.1 Å². The minimum atomic E-state index is -0.394. The Morgan fingerprint density at radius 3 is 2.33 bits per heavy atom. The number of dihydropyridines is 1. The van der Waals surface area contributed by atoms with Gasteiger partial charge in [-0.3, -0.25) is 9.59 Å². The predicted octanol–water partition coefficient (Wildman–Crippen LogP) is 6.54. The van der Waals surface area contributed by atoms with E-state index in [0.29, 0.717) is 29.0 Å². The molecule has 3 aromatic carbocycles. The molecule has 2 aliphatic heterocycles. The third-order valence-corrected chi connectivity index (χ3v) is 7.62. The van der Waals surface area contributed by atoms with Gasteiger partial charge in [0, 0.05) is 22.4 Å². The lowest BCUT2D eigenvalue weighted by atomic mass is 9.79. The number of fused-ring (bicyclic) bond motifs is 1. The quantitative estimate of drug-likeness (QED) is 0.345. The van der Waals surface area contributed by atoms with E-state index in [1.807, 2.05) is 84.9 Å². The zero-order chi connectivity index (χ0) is 26.9. The number of carbonyl (C=O) groups excluding carboxylic acids is 2. The van der Waals surface area contributed by atoms with E-state index in [1.165, 1.54) is 5.01 Å². The van der Waals surface area contributed by atoms with Crippen molar-refractivity contribution in [3.63, 3.8) is 0 Å². The fourth-order valence-electron chi connectivity index (χ4n) is 5.22. The monoisotopic (exact) mass is 577 g/mol. The summed E-state index contributed by atoms with van der Waals surface area (Å²) >= 11 is 3.59. The summed E-state index contributed by atoms with van der Waals surface area (Å²) in [6.07, 6.45) is 6.19. The first kappa shape index (κ1) is 24.9. The van der Waals surface area contributed by atoms with Crippen molar-refractivity contribution in [3.8, 4) is 5.75 Å². The molecular weight excluding hydrogens is 554 g/mol. The Kier molecular flexibility index (Phi) is 6.67. The first-order chi connectivity index (χ1) is 19.0. The second-order valence-corrected chi connectivity index (χ2v) is 10.3. The van der Waals surface area contributed by atoms with Crippen LogP contribution in [0.5, 0.6) is 5.75 Å². The minimum absolute atomic E-state index is 0.222. The lowest BCUT2D eigenvalue weighted by molar-refractivity contribution is -0.113. The van der Waals surface area contributed by atoms with E-state index in [-0.39, 0.29) is 17.7 Å². The molecule has 0 N–H and O–H groups in total. The molecule has 6 rings (SSSR count). The summed E-state index contributed by atoms with van der Waals surface area (Å²) < 4.78 is 6.25. The first-order valence-electron chi connectivity index (χ1n) is 12.6. The van der Waals surface area contributed by atoms with E-state index in [1.54, 1.807) is 19.2 Å². The van der Waals surface area contributed by atoms with Gasteiger partial charge in [0.2, 0.25) is 0 Å². The largest absolute Gasteiger partial charge is 0.497 e. The maximum atomic E-state index is 13.7. The Labute approximate surface area is 234 Å². The van der Waals surface area contributed by atoms with E-state index in [0.717, 1.165) is 26.9 Å². The molecule has 2 amide bonds. The van der Waals surface area contributed by atoms with Gasteiger partial charge in [-0.2, -0.15) is 5.10 Å². The van der Waals surface area contributed by atoms with Crippen LogP contribution in [0.15, 0.2) is 123 Å². The molecule has 0 saturated carbocycles. The summed E-state index contributed by atoms with van der Waals surface area (Å²) in [5.74, 6) is -0.0817. The van der Waals surface area contributed by atoms with Crippen molar-refractivity contribution in [1.82, 2.24) is 5.01 Å². The van der Waals surface area contributed by atoms with Crippen molar-refractivity contribution in [2.24, 2.45) is 16.0 Å². The van der Waals surface area contributed by atoms with Gasteiger partial charge in [0.1, 0.15) is 5.75 Å². The molecule has 6 nitrogen and oxygen atoms in total. The number of nitrogens with zero attached hydrogens (tertiary/aromatic N) is 3. The Hall–Kier alpha value is -4.36. The molecule has 0 fully saturated rings. The number of halogens is 1. The van der Waals surface area contributed by atoms with Crippen molar-refractivity contribution in [3.05, 3.63) is 130 Å². The third-order valence-electron chi connectivity index (χ3n) is 7.10. The van der Waals surface area contributed by atoms with Crippen LogP contribution in [0, 0.1) is 5.92 Å². The molecule has 192 valence electrons. The molecule has 39 heavy (non-hydrogen) atoms. The number of hydrazone groups is 1. The Morgan fingerprint density at radius 2 is 1.64 bits per heavy atom. The molecule has 0 aromatic heterocycles. The van der Waals surface area contributed by atoms with Gasteiger partial charge in [0.25, 0.3) is 11.8 Å². The van der Waals surface area contributed by atoms with Crippen LogP contribution in [-0.4, -0.2) is 35.4 Å². The molecule has 2 heterocycles. The number of rotatable bonds is 5. The van der Waals surface area contributed by atoms with Crippen molar-refractivity contribution < 1.29 is 14.3 Å². The number of carbonyl (C=O) groups is 2. The van der Waals surface area contributed by atoms with E-state index >= 15 is 0 Å². The topological polar surface area (TPSA) is 71.3 Å². The normalized spacial score (nSPS) is 20.3. The highest BCUT2D eigenvalue weighted by molar-refractivity contribution is 9.11. The summed E-state index contributed by atoms with van der Waals surface area (Å²) in [6, 6.07) is 26.1. The summed E-state index contributed by atoms with van der Waals surface area (Å²) in [6.45, 7) is 0. The van der Waals surface area contributed by atoms with Crippen LogP contribution in [-0.2, 0) is 4.79 Å². The summed E-state index contributed by atoms with van der Waals surface area (Å²) in [5, 5.41) is 6.34. The molecule has 3 aromatic rings. The minimum Gasteiger partial charge on any atom is -0.497 e. The molecule has 7 heteroatoms. The average Bonchev–Trinajstić information content (AvgIpc) is 3.42. The molecule has 2 atom stereocenters. The Balaban J connectivity index is 1.50. The van der Waals surface area contributed by atoms with Gasteiger partial charge < -0.3 is 4.74 Å². The van der Waals surface area contributed by atoms with Gasteiger partial charge in [-0.15, -0.1) is 0 Å². The van der Waals surface area contributed by atoms with E-state index in [2.05, 4.69) is 27.0 Å². The molecule has 0 bridgehead atoms. The maximum absolute atomic E-state index is 13.7. The van der Waals surface area contributed by atoms with Crippen molar-refractivity contribution in [2.75, 3.05) is 7.11 Å². The van der Waals surface area contributed by atoms with Crippen LogP contribution in [0.3, 0.4) is 0 Å². The fraction of sp³-hybridized carbons (Fsp3) is 0.125. The van der Waals surface area contributed by atoms with Crippen molar-refractivity contribution in [2.45, 2.75) is 12.5 Å². The Bertz CT molecular complexity index is 1600. The highest BCUT2D eigenvalue weighted by atomic mass is 79.9. The van der Waals surface area contributed by atoms with Crippen molar-refractivity contribution in [1.29, 1.82) is 0 Å². The van der Waals surface area contributed by atoms with Crippen LogP contribution >= 0.6 is 15.9 Å². The van der Waals surface area contributed by atoms with E-state index < -0.39 is 6.04 Å². The first-order valence-corrected chi connectivity index (χ1v) is 13.4. The zero-order valence-electron chi connectivity index (χ0n) is 21.1. The fourth-order valence-corrected chi connectivity index (χ4v) is 5.61. The van der Waals surface area contributed by atoms with Gasteiger partial charge in [0.15, 0.2) is 0 Å². The van der Waals surface area contributed by atoms with Crippen LogP contribution < -0.4 is 4.74 Å². The van der Waals surface area contributed by atoms with Crippen LogP contribution in [0.1, 0.15) is 33.9 Å². The van der Waals surface area contributed by atoms with Gasteiger partial charge in [0.05, 0.1) is 30.1 Å². The average molecular weight is 578 g/mol. The lowest BCUT2D eigenvalue weighted by Gasteiger charge is -2.27. The Morgan fingerprint density at radius 1 is 0.949 bits per heavy atom. The number of benzene rings is 3. The smallest absolute Gasteiger partial charge is 0.279 e. The van der Waals surface area contributed by atoms with Crippen LogP contribution in [0.4, 0.5) is 0 Å². The number of aliphatic imine (C=N–C) groups is 1. The SMILES string of the molecule is COc1ccc(C2CC(C3=C(c4ccccc4)C4C=C(Br)C=CC4=NC3=O)=NN2C(=O)c2ccccc2)cc1. The standard InChI is InChI=1S/C32H24BrN3O3/c1-39-24-15-12-20(13-16-24)28-19-27(35-36(28)32(38)22-10-6-3-7-11-22)30-29(21-8-4-2-5-9-21)25-18-23(33)14-17-26(25)34-31(30)37/h2-18,25,28H,19H2,1H3. The third kappa shape index (κ3) is 4.70. The van der Waals surface area contributed by atoms with Gasteiger partial charge in [-0.25, -0.2) is 10.0 Å². The van der Waals surface area contributed by atoms with Gasteiger partial charge in [-0.1, -0.05) is 82.7 Å². The number of methoxy groups -OCH3 is 1. The van der Waals surface area contributed by atoms with Gasteiger partial charge >= 0.3 is 0 Å². The molecule has 3 aliphatic rings. The number of amides is 2. The molecule has 0 spiro atoms. The van der Waals surface area contributed by atoms with Crippen molar-refractivity contribution >= 4 is 44.7 Å². The number of hydrogen-bond donors (Lipinski definition) is 0. The van der Waals surface area contributed by atoms with Crippen LogP contribution in [0.25, 0.3) is 5.57 Å². The lowest BCUT2D eigenvalue weighted by Crippen LogP contribution is -2.27.